The molecule has 0 aromatic carbocycles. The SMILES string of the molecule is CC(C)N(C(=O)CN1CCNC[C@@H]1C)C1CCCC1.Cl. The van der Waals surface area contributed by atoms with E-state index in [2.05, 4.69) is 35.9 Å². The molecule has 0 aromatic rings. The summed E-state index contributed by atoms with van der Waals surface area (Å²) in [5.41, 5.74) is 0. The Labute approximate surface area is 129 Å². The van der Waals surface area contributed by atoms with Crippen molar-refractivity contribution in [3.05, 3.63) is 0 Å². The molecule has 2 aliphatic rings. The Hall–Kier alpha value is -0.320. The Morgan fingerprint density at radius 3 is 2.55 bits per heavy atom. The number of nitrogens with zero attached hydrogens (tertiary/aromatic N) is 2. The molecule has 0 bridgehead atoms. The van der Waals surface area contributed by atoms with Crippen LogP contribution in [0.3, 0.4) is 0 Å². The number of hydrogen-bond donors (Lipinski definition) is 1. The Balaban J connectivity index is 0.00000200. The summed E-state index contributed by atoms with van der Waals surface area (Å²) < 4.78 is 0. The molecule has 2 rings (SSSR count). The fraction of sp³-hybridized carbons (Fsp3) is 0.933. The minimum Gasteiger partial charge on any atom is -0.336 e. The van der Waals surface area contributed by atoms with E-state index < -0.39 is 0 Å². The molecule has 1 aliphatic heterocycles. The predicted molar refractivity (Wildman–Crippen MR) is 85.4 cm³/mol. The molecule has 1 atom stereocenters. The van der Waals surface area contributed by atoms with E-state index in [-0.39, 0.29) is 12.4 Å². The highest BCUT2D eigenvalue weighted by Gasteiger charge is 2.30. The lowest BCUT2D eigenvalue weighted by Gasteiger charge is -2.38. The molecule has 2 fully saturated rings. The van der Waals surface area contributed by atoms with Crippen molar-refractivity contribution in [3.8, 4) is 0 Å². The van der Waals surface area contributed by atoms with Crippen LogP contribution in [0.15, 0.2) is 0 Å². The van der Waals surface area contributed by atoms with Crippen LogP contribution in [-0.2, 0) is 4.79 Å². The number of halogens is 1. The molecule has 1 heterocycles. The van der Waals surface area contributed by atoms with Crippen molar-refractivity contribution in [1.82, 2.24) is 15.1 Å². The van der Waals surface area contributed by atoms with Crippen molar-refractivity contribution in [2.24, 2.45) is 0 Å². The van der Waals surface area contributed by atoms with Crippen molar-refractivity contribution < 1.29 is 4.79 Å². The van der Waals surface area contributed by atoms with Gasteiger partial charge in [-0.3, -0.25) is 9.69 Å². The molecule has 1 saturated carbocycles. The van der Waals surface area contributed by atoms with E-state index in [4.69, 9.17) is 0 Å². The zero-order valence-electron chi connectivity index (χ0n) is 13.1. The first-order valence-corrected chi connectivity index (χ1v) is 7.85. The van der Waals surface area contributed by atoms with Crippen molar-refractivity contribution in [2.45, 2.75) is 64.6 Å². The third kappa shape index (κ3) is 4.34. The first-order chi connectivity index (χ1) is 9.09. The molecule has 118 valence electrons. The van der Waals surface area contributed by atoms with Gasteiger partial charge in [0.1, 0.15) is 0 Å². The number of carbonyl (C=O) groups excluding carboxylic acids is 1. The monoisotopic (exact) mass is 303 g/mol. The van der Waals surface area contributed by atoms with E-state index >= 15 is 0 Å². The number of piperazine rings is 1. The van der Waals surface area contributed by atoms with E-state index in [1.807, 2.05) is 0 Å². The summed E-state index contributed by atoms with van der Waals surface area (Å²) >= 11 is 0. The molecule has 1 aliphatic carbocycles. The number of amides is 1. The Morgan fingerprint density at radius 2 is 2.00 bits per heavy atom. The maximum atomic E-state index is 12.6. The van der Waals surface area contributed by atoms with Gasteiger partial charge in [0.05, 0.1) is 6.54 Å². The van der Waals surface area contributed by atoms with E-state index in [0.29, 0.717) is 30.6 Å². The van der Waals surface area contributed by atoms with Crippen LogP contribution < -0.4 is 5.32 Å². The maximum Gasteiger partial charge on any atom is 0.237 e. The molecule has 0 aromatic heterocycles. The summed E-state index contributed by atoms with van der Waals surface area (Å²) in [7, 11) is 0. The summed E-state index contributed by atoms with van der Waals surface area (Å²) in [6.07, 6.45) is 4.96. The lowest BCUT2D eigenvalue weighted by molar-refractivity contribution is -0.137. The number of carbonyl (C=O) groups is 1. The quantitative estimate of drug-likeness (QED) is 0.861. The molecular formula is C15H30ClN3O. The van der Waals surface area contributed by atoms with Gasteiger partial charge in [-0.05, 0) is 33.6 Å². The van der Waals surface area contributed by atoms with Crippen LogP contribution in [0.25, 0.3) is 0 Å². The van der Waals surface area contributed by atoms with Gasteiger partial charge in [0.2, 0.25) is 5.91 Å². The molecule has 0 spiro atoms. The fourth-order valence-electron chi connectivity index (χ4n) is 3.47. The average Bonchev–Trinajstić information content (AvgIpc) is 2.85. The second-order valence-electron chi connectivity index (χ2n) is 6.36. The second kappa shape index (κ2) is 8.20. The Bertz CT molecular complexity index is 305. The third-order valence-corrected chi connectivity index (χ3v) is 4.54. The summed E-state index contributed by atoms with van der Waals surface area (Å²) in [4.78, 5) is 17.1. The molecule has 20 heavy (non-hydrogen) atoms. The molecule has 0 radical (unpaired) electrons. The minimum atomic E-state index is 0. The van der Waals surface area contributed by atoms with Gasteiger partial charge >= 0.3 is 0 Å². The average molecular weight is 304 g/mol. The molecule has 1 amide bonds. The smallest absolute Gasteiger partial charge is 0.237 e. The highest BCUT2D eigenvalue weighted by Crippen LogP contribution is 2.25. The van der Waals surface area contributed by atoms with Crippen molar-refractivity contribution in [3.63, 3.8) is 0 Å². The Kier molecular flexibility index (Phi) is 7.27. The zero-order valence-corrected chi connectivity index (χ0v) is 13.9. The summed E-state index contributed by atoms with van der Waals surface area (Å²) in [5.74, 6) is 0.329. The van der Waals surface area contributed by atoms with Gasteiger partial charge in [-0.2, -0.15) is 0 Å². The van der Waals surface area contributed by atoms with Gasteiger partial charge in [-0.15, -0.1) is 12.4 Å². The van der Waals surface area contributed by atoms with Crippen LogP contribution in [0.2, 0.25) is 0 Å². The van der Waals surface area contributed by atoms with Crippen LogP contribution in [0.4, 0.5) is 0 Å². The van der Waals surface area contributed by atoms with Crippen molar-refractivity contribution in [2.75, 3.05) is 26.2 Å². The van der Waals surface area contributed by atoms with E-state index in [1.54, 1.807) is 0 Å². The predicted octanol–water partition coefficient (Wildman–Crippen LogP) is 1.88. The van der Waals surface area contributed by atoms with Crippen LogP contribution in [0.5, 0.6) is 0 Å². The van der Waals surface area contributed by atoms with Crippen molar-refractivity contribution >= 4 is 18.3 Å². The van der Waals surface area contributed by atoms with Crippen LogP contribution in [-0.4, -0.2) is 60.0 Å². The topological polar surface area (TPSA) is 35.6 Å². The normalized spacial score (nSPS) is 24.7. The molecule has 0 unspecified atom stereocenters. The minimum absolute atomic E-state index is 0. The molecule has 4 nitrogen and oxygen atoms in total. The first kappa shape index (κ1) is 17.7. The first-order valence-electron chi connectivity index (χ1n) is 7.85. The fourth-order valence-corrected chi connectivity index (χ4v) is 3.47. The third-order valence-electron chi connectivity index (χ3n) is 4.54. The highest BCUT2D eigenvalue weighted by atomic mass is 35.5. The highest BCUT2D eigenvalue weighted by molar-refractivity contribution is 5.85. The standard InChI is InChI=1S/C15H29N3O.ClH/c1-12(2)18(14-6-4-5-7-14)15(19)11-17-9-8-16-10-13(17)3;/h12-14,16H,4-11H2,1-3H3;1H/t13-;/m0./s1. The Morgan fingerprint density at radius 1 is 1.35 bits per heavy atom. The molecular weight excluding hydrogens is 274 g/mol. The largest absolute Gasteiger partial charge is 0.336 e. The maximum absolute atomic E-state index is 12.6. The van der Waals surface area contributed by atoms with Gasteiger partial charge in [0.15, 0.2) is 0 Å². The van der Waals surface area contributed by atoms with Gasteiger partial charge in [-0.1, -0.05) is 12.8 Å². The lowest BCUT2D eigenvalue weighted by Crippen LogP contribution is -2.55. The van der Waals surface area contributed by atoms with Crippen LogP contribution in [0, 0.1) is 0 Å². The molecule has 1 N–H and O–H groups in total. The van der Waals surface area contributed by atoms with E-state index in [1.165, 1.54) is 25.7 Å². The molecule has 1 saturated heterocycles. The summed E-state index contributed by atoms with van der Waals surface area (Å²) in [6, 6.07) is 1.29. The number of hydrogen-bond acceptors (Lipinski definition) is 3. The number of nitrogens with one attached hydrogen (secondary N) is 1. The van der Waals surface area contributed by atoms with E-state index in [9.17, 15) is 4.79 Å². The van der Waals surface area contributed by atoms with Gasteiger partial charge in [0, 0.05) is 37.8 Å². The summed E-state index contributed by atoms with van der Waals surface area (Å²) in [5, 5.41) is 3.38. The van der Waals surface area contributed by atoms with Crippen LogP contribution >= 0.6 is 12.4 Å². The zero-order chi connectivity index (χ0) is 13.8. The number of rotatable bonds is 4. The van der Waals surface area contributed by atoms with Gasteiger partial charge < -0.3 is 10.2 Å². The van der Waals surface area contributed by atoms with Crippen molar-refractivity contribution in [1.29, 1.82) is 0 Å². The second-order valence-corrected chi connectivity index (χ2v) is 6.36. The molecule has 5 heteroatoms. The lowest BCUT2D eigenvalue weighted by atomic mass is 10.1. The van der Waals surface area contributed by atoms with E-state index in [0.717, 1.165) is 19.6 Å². The van der Waals surface area contributed by atoms with Gasteiger partial charge in [0.25, 0.3) is 0 Å². The van der Waals surface area contributed by atoms with Crippen LogP contribution in [0.1, 0.15) is 46.5 Å². The summed E-state index contributed by atoms with van der Waals surface area (Å²) in [6.45, 7) is 10.1. The van der Waals surface area contributed by atoms with Gasteiger partial charge in [-0.25, -0.2) is 0 Å².